The lowest BCUT2D eigenvalue weighted by atomic mass is 10.3. The van der Waals surface area contributed by atoms with E-state index >= 15 is 0 Å². The first kappa shape index (κ1) is 9.77. The van der Waals surface area contributed by atoms with Gasteiger partial charge in [0.15, 0.2) is 5.65 Å². The number of nitrogens with zero attached hydrogens (tertiary/aromatic N) is 3. The van der Waals surface area contributed by atoms with E-state index in [1.807, 2.05) is 24.3 Å². The molecule has 0 fully saturated rings. The molecule has 0 bridgehead atoms. The van der Waals surface area contributed by atoms with Gasteiger partial charge in [0.25, 0.3) is 5.56 Å². The second kappa shape index (κ2) is 3.55. The maximum Gasteiger partial charge on any atom is 0.272 e. The summed E-state index contributed by atoms with van der Waals surface area (Å²) in [4.78, 5) is 20.2. The Balaban J connectivity index is 2.28. The fraction of sp³-hybridized carbons (Fsp3) is 0.0833. The van der Waals surface area contributed by atoms with Gasteiger partial charge in [-0.05, 0) is 19.1 Å². The van der Waals surface area contributed by atoms with Crippen molar-refractivity contribution in [1.29, 1.82) is 0 Å². The van der Waals surface area contributed by atoms with E-state index in [0.29, 0.717) is 11.3 Å². The van der Waals surface area contributed by atoms with E-state index in [2.05, 4.69) is 15.1 Å². The van der Waals surface area contributed by atoms with Gasteiger partial charge in [-0.25, -0.2) is 9.50 Å². The van der Waals surface area contributed by atoms with Crippen molar-refractivity contribution in [2.24, 2.45) is 0 Å². The lowest BCUT2D eigenvalue weighted by Gasteiger charge is -1.94. The molecule has 0 aromatic carbocycles. The van der Waals surface area contributed by atoms with Crippen LogP contribution in [-0.2, 0) is 0 Å². The summed E-state index contributed by atoms with van der Waals surface area (Å²) in [6.45, 7) is 1.80. The van der Waals surface area contributed by atoms with Crippen molar-refractivity contribution in [2.45, 2.75) is 6.92 Å². The van der Waals surface area contributed by atoms with Crippen LogP contribution in [-0.4, -0.2) is 19.6 Å². The zero-order valence-electron chi connectivity index (χ0n) is 9.21. The molecule has 0 spiro atoms. The third kappa shape index (κ3) is 1.61. The molecule has 0 aliphatic rings. The predicted octanol–water partition coefficient (Wildman–Crippen LogP) is 1.39. The molecule has 0 aliphatic carbocycles. The molecular weight excluding hydrogens is 216 g/mol. The molecule has 0 unspecified atom stereocenters. The Hall–Kier alpha value is -2.43. The molecule has 3 aromatic heterocycles. The normalized spacial score (nSPS) is 10.9. The van der Waals surface area contributed by atoms with Gasteiger partial charge in [0.1, 0.15) is 0 Å². The zero-order valence-corrected chi connectivity index (χ0v) is 9.21. The molecule has 5 nitrogen and oxygen atoms in total. The van der Waals surface area contributed by atoms with Crippen LogP contribution < -0.4 is 5.56 Å². The van der Waals surface area contributed by atoms with E-state index in [0.717, 1.165) is 11.4 Å². The van der Waals surface area contributed by atoms with E-state index in [4.69, 9.17) is 0 Å². The summed E-state index contributed by atoms with van der Waals surface area (Å²) in [5, 5.41) is 2.99. The molecule has 84 valence electrons. The highest BCUT2D eigenvalue weighted by Crippen LogP contribution is 2.14. The molecule has 0 saturated heterocycles. The Morgan fingerprint density at radius 2 is 2.18 bits per heavy atom. The van der Waals surface area contributed by atoms with Crippen LogP contribution in [0.4, 0.5) is 0 Å². The predicted molar refractivity (Wildman–Crippen MR) is 63.8 cm³/mol. The van der Waals surface area contributed by atoms with Crippen LogP contribution in [0.1, 0.15) is 5.69 Å². The number of pyridine rings is 1. The highest BCUT2D eigenvalue weighted by atomic mass is 16.1. The second-order valence-corrected chi connectivity index (χ2v) is 3.81. The van der Waals surface area contributed by atoms with Crippen LogP contribution in [0.15, 0.2) is 41.3 Å². The molecule has 3 heterocycles. The number of aromatic amines is 1. The molecule has 0 radical (unpaired) electrons. The number of aromatic nitrogens is 4. The van der Waals surface area contributed by atoms with Crippen molar-refractivity contribution in [3.63, 3.8) is 0 Å². The molecule has 1 N–H and O–H groups in total. The summed E-state index contributed by atoms with van der Waals surface area (Å²) in [6, 6.07) is 8.93. The van der Waals surface area contributed by atoms with Crippen LogP contribution in [0.5, 0.6) is 0 Å². The van der Waals surface area contributed by atoms with Gasteiger partial charge in [-0.3, -0.25) is 14.9 Å². The molecule has 0 amide bonds. The van der Waals surface area contributed by atoms with Crippen molar-refractivity contribution in [1.82, 2.24) is 19.6 Å². The van der Waals surface area contributed by atoms with Crippen LogP contribution in [0.25, 0.3) is 17.0 Å². The number of aryl methyl sites for hydroxylation is 1. The first-order valence-electron chi connectivity index (χ1n) is 5.25. The minimum atomic E-state index is -0.116. The highest BCUT2D eigenvalue weighted by Gasteiger charge is 2.06. The third-order valence-electron chi connectivity index (χ3n) is 2.52. The lowest BCUT2D eigenvalue weighted by molar-refractivity contribution is 0.891. The summed E-state index contributed by atoms with van der Waals surface area (Å²) in [5.74, 6) is 0. The summed E-state index contributed by atoms with van der Waals surface area (Å²) >= 11 is 0. The quantitative estimate of drug-likeness (QED) is 0.682. The highest BCUT2D eigenvalue weighted by molar-refractivity contribution is 5.60. The molecule has 0 saturated carbocycles. The van der Waals surface area contributed by atoms with Crippen LogP contribution in [0.3, 0.4) is 0 Å². The van der Waals surface area contributed by atoms with Crippen molar-refractivity contribution < 1.29 is 0 Å². The van der Waals surface area contributed by atoms with E-state index in [9.17, 15) is 4.79 Å². The Morgan fingerprint density at radius 3 is 2.94 bits per heavy atom. The van der Waals surface area contributed by atoms with Gasteiger partial charge in [-0.1, -0.05) is 6.07 Å². The third-order valence-corrected chi connectivity index (χ3v) is 2.52. The van der Waals surface area contributed by atoms with Gasteiger partial charge in [0.2, 0.25) is 0 Å². The summed E-state index contributed by atoms with van der Waals surface area (Å²) in [5.41, 5.74) is 2.77. The fourth-order valence-electron chi connectivity index (χ4n) is 1.76. The van der Waals surface area contributed by atoms with Crippen LogP contribution >= 0.6 is 0 Å². The molecule has 3 aromatic rings. The van der Waals surface area contributed by atoms with E-state index in [-0.39, 0.29) is 5.56 Å². The first-order valence-corrected chi connectivity index (χ1v) is 5.25. The fourth-order valence-corrected chi connectivity index (χ4v) is 1.76. The van der Waals surface area contributed by atoms with Gasteiger partial charge in [0, 0.05) is 24.0 Å². The van der Waals surface area contributed by atoms with E-state index in [1.54, 1.807) is 13.1 Å². The zero-order chi connectivity index (χ0) is 11.8. The number of hydrogen-bond acceptors (Lipinski definition) is 3. The lowest BCUT2D eigenvalue weighted by Crippen LogP contribution is -2.14. The van der Waals surface area contributed by atoms with Gasteiger partial charge >= 0.3 is 0 Å². The minimum absolute atomic E-state index is 0.116. The Bertz CT molecular complexity index is 727. The number of rotatable bonds is 1. The van der Waals surface area contributed by atoms with E-state index < -0.39 is 0 Å². The summed E-state index contributed by atoms with van der Waals surface area (Å²) < 4.78 is 1.41. The Labute approximate surface area is 96.8 Å². The average Bonchev–Trinajstić information content (AvgIpc) is 2.74. The van der Waals surface area contributed by atoms with Gasteiger partial charge < -0.3 is 0 Å². The summed E-state index contributed by atoms with van der Waals surface area (Å²) in [7, 11) is 0. The van der Waals surface area contributed by atoms with Crippen molar-refractivity contribution in [3.05, 3.63) is 52.6 Å². The SMILES string of the molecule is Cc1cc(=O)n2[nH]c(-c3ccccn3)cc2n1. The monoisotopic (exact) mass is 226 g/mol. The maximum atomic E-state index is 11.7. The Morgan fingerprint density at radius 1 is 1.29 bits per heavy atom. The first-order chi connectivity index (χ1) is 8.24. The number of hydrogen-bond donors (Lipinski definition) is 1. The van der Waals surface area contributed by atoms with E-state index in [1.165, 1.54) is 10.6 Å². The standard InChI is InChI=1S/C12H10N4O/c1-8-6-12(17)16-11(14-8)7-10(15-16)9-4-2-3-5-13-9/h2-7,15H,1H3. The van der Waals surface area contributed by atoms with Crippen molar-refractivity contribution in [2.75, 3.05) is 0 Å². The molecule has 17 heavy (non-hydrogen) atoms. The van der Waals surface area contributed by atoms with Gasteiger partial charge in [-0.15, -0.1) is 0 Å². The molecule has 0 aliphatic heterocycles. The largest absolute Gasteiger partial charge is 0.287 e. The van der Waals surface area contributed by atoms with Gasteiger partial charge in [0.05, 0.1) is 11.4 Å². The number of H-pyrrole nitrogens is 1. The van der Waals surface area contributed by atoms with Crippen LogP contribution in [0, 0.1) is 6.92 Å². The van der Waals surface area contributed by atoms with Crippen molar-refractivity contribution >= 4 is 5.65 Å². The van der Waals surface area contributed by atoms with Crippen molar-refractivity contribution in [3.8, 4) is 11.4 Å². The van der Waals surface area contributed by atoms with Crippen LogP contribution in [0.2, 0.25) is 0 Å². The van der Waals surface area contributed by atoms with Gasteiger partial charge in [-0.2, -0.15) is 0 Å². The molecule has 0 atom stereocenters. The smallest absolute Gasteiger partial charge is 0.272 e. The topological polar surface area (TPSA) is 63.0 Å². The maximum absolute atomic E-state index is 11.7. The second-order valence-electron chi connectivity index (χ2n) is 3.81. The molecule has 5 heteroatoms. The Kier molecular flexibility index (Phi) is 2.04. The number of nitrogens with one attached hydrogen (secondary N) is 1. The summed E-state index contributed by atoms with van der Waals surface area (Å²) in [6.07, 6.45) is 1.71. The molecular formula is C12H10N4O. The minimum Gasteiger partial charge on any atom is -0.287 e. The molecule has 3 rings (SSSR count). The average molecular weight is 226 g/mol. The number of fused-ring (bicyclic) bond motifs is 1.